The van der Waals surface area contributed by atoms with Gasteiger partial charge in [-0.2, -0.15) is 5.10 Å². The Balaban J connectivity index is 1.84. The van der Waals surface area contributed by atoms with Crippen LogP contribution in [-0.4, -0.2) is 41.4 Å². The van der Waals surface area contributed by atoms with Crippen molar-refractivity contribution in [1.82, 2.24) is 20.1 Å². The topological polar surface area (TPSA) is 104 Å². The van der Waals surface area contributed by atoms with Gasteiger partial charge in [-0.05, 0) is 36.2 Å². The van der Waals surface area contributed by atoms with Gasteiger partial charge in [0, 0.05) is 29.1 Å². The molecule has 4 aromatic rings. The summed E-state index contributed by atoms with van der Waals surface area (Å²) in [5.41, 5.74) is 8.25. The molecule has 0 saturated heterocycles. The third kappa shape index (κ3) is 4.24. The zero-order valence-corrected chi connectivity index (χ0v) is 19.3. The first-order valence-electron chi connectivity index (χ1n) is 10.9. The fourth-order valence-electron chi connectivity index (χ4n) is 3.83. The number of methoxy groups -OCH3 is 2. The minimum absolute atomic E-state index is 0.109. The molecule has 2 heterocycles. The second-order valence-electron chi connectivity index (χ2n) is 7.73. The molecule has 3 N–H and O–H groups in total. The van der Waals surface area contributed by atoms with Crippen LogP contribution in [0.1, 0.15) is 29.4 Å². The van der Waals surface area contributed by atoms with E-state index in [1.807, 2.05) is 31.2 Å². The summed E-state index contributed by atoms with van der Waals surface area (Å²) in [6.07, 6.45) is 3.79. The quantitative estimate of drug-likeness (QED) is 0.409. The molecule has 0 radical (unpaired) electrons. The molecule has 4 rings (SSSR count). The summed E-state index contributed by atoms with van der Waals surface area (Å²) >= 11 is 0. The highest BCUT2D eigenvalue weighted by atomic mass is 19.1. The van der Waals surface area contributed by atoms with Gasteiger partial charge in [-0.25, -0.2) is 9.37 Å². The lowest BCUT2D eigenvalue weighted by atomic mass is 10.0. The number of pyridine rings is 1. The number of nitrogens with one attached hydrogen (secondary N) is 1. The van der Waals surface area contributed by atoms with E-state index >= 15 is 4.39 Å². The van der Waals surface area contributed by atoms with Crippen molar-refractivity contribution >= 4 is 22.4 Å². The molecule has 0 fully saturated rings. The number of hydrogen-bond acceptors (Lipinski definition) is 6. The van der Waals surface area contributed by atoms with Crippen molar-refractivity contribution in [3.05, 3.63) is 65.9 Å². The normalized spacial score (nSPS) is 10.9. The van der Waals surface area contributed by atoms with Crippen molar-refractivity contribution in [1.29, 1.82) is 0 Å². The van der Waals surface area contributed by atoms with Crippen molar-refractivity contribution in [2.75, 3.05) is 26.5 Å². The number of nitrogen functional groups attached to an aromatic ring is 1. The summed E-state index contributed by atoms with van der Waals surface area (Å²) in [6.45, 7) is 2.84. The van der Waals surface area contributed by atoms with Gasteiger partial charge >= 0.3 is 0 Å². The van der Waals surface area contributed by atoms with E-state index in [2.05, 4.69) is 15.4 Å². The number of aromatic nitrogens is 3. The maximum absolute atomic E-state index is 15.3. The maximum Gasteiger partial charge on any atom is 0.272 e. The van der Waals surface area contributed by atoms with Crippen LogP contribution in [0.5, 0.6) is 11.5 Å². The summed E-state index contributed by atoms with van der Waals surface area (Å²) in [6, 6.07) is 10.4. The highest BCUT2D eigenvalue weighted by Gasteiger charge is 2.23. The third-order valence-electron chi connectivity index (χ3n) is 5.57. The number of fused-ring (bicyclic) bond motifs is 1. The number of anilines is 1. The van der Waals surface area contributed by atoms with Crippen LogP contribution in [0.4, 0.5) is 10.1 Å². The van der Waals surface area contributed by atoms with E-state index in [4.69, 9.17) is 15.2 Å². The molecule has 0 unspecified atom stereocenters. The van der Waals surface area contributed by atoms with Crippen LogP contribution in [0, 0.1) is 5.82 Å². The molecule has 9 heteroatoms. The van der Waals surface area contributed by atoms with Gasteiger partial charge in [-0.1, -0.05) is 19.1 Å². The number of ether oxygens (including phenoxy) is 2. The fraction of sp³-hybridized carbons (Fsp3) is 0.240. The number of carbonyl (C=O) groups excluding carboxylic acids is 1. The van der Waals surface area contributed by atoms with Crippen LogP contribution >= 0.6 is 0 Å². The van der Waals surface area contributed by atoms with E-state index in [1.165, 1.54) is 19.4 Å². The lowest BCUT2D eigenvalue weighted by Crippen LogP contribution is -2.26. The van der Waals surface area contributed by atoms with E-state index in [1.54, 1.807) is 24.1 Å². The number of benzene rings is 2. The van der Waals surface area contributed by atoms with Gasteiger partial charge in [-0.15, -0.1) is 0 Å². The Bertz CT molecular complexity index is 1330. The van der Waals surface area contributed by atoms with Crippen LogP contribution in [0.2, 0.25) is 0 Å². The van der Waals surface area contributed by atoms with Gasteiger partial charge < -0.3 is 20.5 Å². The highest BCUT2D eigenvalue weighted by Crippen LogP contribution is 2.39. The van der Waals surface area contributed by atoms with E-state index < -0.39 is 5.82 Å². The number of halogens is 1. The minimum atomic E-state index is -0.480. The van der Waals surface area contributed by atoms with Gasteiger partial charge in [0.05, 0.1) is 32.6 Å². The van der Waals surface area contributed by atoms with E-state index in [9.17, 15) is 4.79 Å². The standard InChI is InChI=1S/C25H26FN5O3/c1-4-11-28-25(32)23-22(27)17-9-10-19(26)21(18(17)12-29-23)24-20(34-3)13-30-31(24)14-15-5-7-16(33-2)8-6-15/h5-10,12-13H,4,11,14,27H2,1-3H3,(H,28,32). The predicted octanol–water partition coefficient (Wildman–Crippen LogP) is 4.02. The molecule has 0 aliphatic rings. The zero-order chi connectivity index (χ0) is 24.2. The Hall–Kier alpha value is -4.14. The van der Waals surface area contributed by atoms with Crippen LogP contribution in [0.25, 0.3) is 22.0 Å². The molecule has 2 aromatic heterocycles. The van der Waals surface area contributed by atoms with Crippen LogP contribution in [0.3, 0.4) is 0 Å². The summed E-state index contributed by atoms with van der Waals surface area (Å²) in [4.78, 5) is 16.8. The van der Waals surface area contributed by atoms with Crippen LogP contribution in [0.15, 0.2) is 48.8 Å². The van der Waals surface area contributed by atoms with Gasteiger partial charge in [0.15, 0.2) is 11.4 Å². The summed E-state index contributed by atoms with van der Waals surface area (Å²) < 4.78 is 27.7. The van der Waals surface area contributed by atoms with Gasteiger partial charge in [0.25, 0.3) is 5.91 Å². The molecular weight excluding hydrogens is 437 g/mol. The molecule has 0 aliphatic carbocycles. The summed E-state index contributed by atoms with van der Waals surface area (Å²) in [5, 5.41) is 8.18. The maximum atomic E-state index is 15.3. The Morgan fingerprint density at radius 2 is 1.85 bits per heavy atom. The SMILES string of the molecule is CCCNC(=O)c1ncc2c(-c3c(OC)cnn3Cc3ccc(OC)cc3)c(F)ccc2c1N. The van der Waals surface area contributed by atoms with Crippen molar-refractivity contribution in [2.24, 2.45) is 0 Å². The summed E-state index contributed by atoms with van der Waals surface area (Å²) in [7, 11) is 3.11. The second-order valence-corrected chi connectivity index (χ2v) is 7.73. The molecule has 0 spiro atoms. The number of hydrogen-bond donors (Lipinski definition) is 2. The second kappa shape index (κ2) is 9.78. The Morgan fingerprint density at radius 3 is 2.53 bits per heavy atom. The molecular formula is C25H26FN5O3. The fourth-order valence-corrected chi connectivity index (χ4v) is 3.83. The number of carbonyl (C=O) groups is 1. The van der Waals surface area contributed by atoms with Crippen molar-refractivity contribution in [2.45, 2.75) is 19.9 Å². The van der Waals surface area contributed by atoms with E-state index in [0.717, 1.165) is 17.7 Å². The van der Waals surface area contributed by atoms with E-state index in [0.29, 0.717) is 35.3 Å². The average Bonchev–Trinajstić information content (AvgIpc) is 3.25. The predicted molar refractivity (Wildman–Crippen MR) is 129 cm³/mol. The van der Waals surface area contributed by atoms with Crippen LogP contribution in [-0.2, 0) is 6.54 Å². The van der Waals surface area contributed by atoms with Gasteiger partial charge in [0.1, 0.15) is 17.3 Å². The first-order chi connectivity index (χ1) is 16.5. The molecule has 34 heavy (non-hydrogen) atoms. The number of nitrogens with two attached hydrogens (primary N) is 1. The molecule has 0 aliphatic heterocycles. The highest BCUT2D eigenvalue weighted by molar-refractivity contribution is 6.09. The molecule has 1 amide bonds. The first-order valence-corrected chi connectivity index (χ1v) is 10.9. The van der Waals surface area contributed by atoms with E-state index in [-0.39, 0.29) is 22.9 Å². The first kappa shape index (κ1) is 23.0. The zero-order valence-electron chi connectivity index (χ0n) is 19.3. The summed E-state index contributed by atoms with van der Waals surface area (Å²) in [5.74, 6) is 0.298. The lowest BCUT2D eigenvalue weighted by Gasteiger charge is -2.15. The molecule has 0 saturated carbocycles. The Morgan fingerprint density at radius 1 is 1.09 bits per heavy atom. The number of amides is 1. The molecule has 0 bridgehead atoms. The molecule has 8 nitrogen and oxygen atoms in total. The Labute approximate surface area is 196 Å². The van der Waals surface area contributed by atoms with Gasteiger partial charge in [0.2, 0.25) is 0 Å². The van der Waals surface area contributed by atoms with Crippen molar-refractivity contribution in [3.8, 4) is 22.8 Å². The number of rotatable bonds is 8. The molecule has 2 aromatic carbocycles. The largest absolute Gasteiger partial charge is 0.497 e. The average molecular weight is 464 g/mol. The van der Waals surface area contributed by atoms with Crippen molar-refractivity contribution in [3.63, 3.8) is 0 Å². The Kier molecular flexibility index (Phi) is 6.62. The van der Waals surface area contributed by atoms with Crippen molar-refractivity contribution < 1.29 is 18.7 Å². The lowest BCUT2D eigenvalue weighted by molar-refractivity contribution is 0.0950. The third-order valence-corrected chi connectivity index (χ3v) is 5.57. The van der Waals surface area contributed by atoms with Gasteiger partial charge in [-0.3, -0.25) is 9.48 Å². The monoisotopic (exact) mass is 463 g/mol. The number of nitrogens with zero attached hydrogens (tertiary/aromatic N) is 3. The molecule has 176 valence electrons. The molecule has 0 atom stereocenters. The smallest absolute Gasteiger partial charge is 0.272 e. The van der Waals surface area contributed by atoms with Crippen LogP contribution < -0.4 is 20.5 Å². The minimum Gasteiger partial charge on any atom is -0.497 e.